The molecule has 0 spiro atoms. The molecule has 1 aromatic heterocycles. The van der Waals surface area contributed by atoms with E-state index in [-0.39, 0.29) is 12.6 Å². The molecular formula is C24H26BF6N3O4S. The molecule has 1 amide bonds. The number of aromatic nitrogens is 2. The first-order valence-corrected chi connectivity index (χ1v) is 13.1. The number of hydrogen-bond acceptors (Lipinski definition) is 7. The van der Waals surface area contributed by atoms with Crippen molar-refractivity contribution in [2.24, 2.45) is 0 Å². The minimum Gasteiger partial charge on any atom is -0.439 e. The lowest BCUT2D eigenvalue weighted by molar-refractivity contribution is -0.143. The van der Waals surface area contributed by atoms with E-state index >= 15 is 0 Å². The number of alkyl halides is 6. The molecule has 0 N–H and O–H groups in total. The molecule has 7 nitrogen and oxygen atoms in total. The Kier molecular flexibility index (Phi) is 7.44. The lowest BCUT2D eigenvalue weighted by Gasteiger charge is -2.32. The molecule has 1 aromatic carbocycles. The summed E-state index contributed by atoms with van der Waals surface area (Å²) in [5.41, 5.74) is -3.98. The summed E-state index contributed by atoms with van der Waals surface area (Å²) >= 11 is 1.25. The SMILES string of the molecule is CSc1ncc(B2OC(C)(C)C(C)(C)O2)c(CN2C(=O)O[C@H](c3cc(C(F)(F)F)cc(C(F)(F)F)c3)[C@@H]2C)n1. The summed E-state index contributed by atoms with van der Waals surface area (Å²) in [6.07, 6.45) is -9.10. The molecule has 3 heterocycles. The molecule has 0 unspecified atom stereocenters. The second-order valence-electron chi connectivity index (χ2n) is 10.4. The van der Waals surface area contributed by atoms with Crippen molar-refractivity contribution in [3.05, 3.63) is 46.8 Å². The van der Waals surface area contributed by atoms with E-state index in [1.165, 1.54) is 29.8 Å². The molecular weight excluding hydrogens is 551 g/mol. The van der Waals surface area contributed by atoms with Gasteiger partial charge in [0.15, 0.2) is 5.16 Å². The van der Waals surface area contributed by atoms with Gasteiger partial charge in [0.1, 0.15) is 6.10 Å². The monoisotopic (exact) mass is 577 g/mol. The molecule has 212 valence electrons. The van der Waals surface area contributed by atoms with Crippen LogP contribution in [-0.4, -0.2) is 51.6 Å². The second kappa shape index (κ2) is 9.84. The van der Waals surface area contributed by atoms with Crippen LogP contribution in [0.2, 0.25) is 0 Å². The standard InChI is InChI=1S/C24H26BF6N3O4S/c1-12-18(13-7-14(23(26,27)28)9-15(8-13)24(29,30)31)36-20(35)34(12)11-17-16(10-32-19(33-17)39-6)25-37-21(2,3)22(4,5)38-25/h7-10,12,18H,11H2,1-6H3/t12-,18-/m0/s1. The third kappa shape index (κ3) is 5.71. The zero-order valence-corrected chi connectivity index (χ0v) is 22.7. The molecule has 2 atom stereocenters. The van der Waals surface area contributed by atoms with Gasteiger partial charge < -0.3 is 14.0 Å². The van der Waals surface area contributed by atoms with Crippen LogP contribution in [0.4, 0.5) is 31.1 Å². The van der Waals surface area contributed by atoms with Crippen LogP contribution in [0.1, 0.15) is 63.1 Å². The van der Waals surface area contributed by atoms with Crippen LogP contribution in [0.25, 0.3) is 0 Å². The van der Waals surface area contributed by atoms with Crippen LogP contribution in [-0.2, 0) is 32.9 Å². The lowest BCUT2D eigenvalue weighted by atomic mass is 9.78. The number of ether oxygens (including phenoxy) is 1. The van der Waals surface area contributed by atoms with Crippen LogP contribution >= 0.6 is 11.8 Å². The van der Waals surface area contributed by atoms with Gasteiger partial charge in [-0.2, -0.15) is 26.3 Å². The Labute approximate surface area is 225 Å². The van der Waals surface area contributed by atoms with E-state index in [2.05, 4.69) is 9.97 Å². The van der Waals surface area contributed by atoms with Crippen molar-refractivity contribution in [2.75, 3.05) is 6.26 Å². The van der Waals surface area contributed by atoms with E-state index in [1.807, 2.05) is 27.7 Å². The number of amides is 1. The fourth-order valence-electron chi connectivity index (χ4n) is 4.26. The number of benzene rings is 1. The molecule has 4 rings (SSSR count). The first-order chi connectivity index (χ1) is 17.8. The quantitative estimate of drug-likeness (QED) is 0.198. The largest absolute Gasteiger partial charge is 0.498 e. The fraction of sp³-hybridized carbons (Fsp3) is 0.542. The number of cyclic esters (lactones) is 1. The molecule has 0 radical (unpaired) electrons. The molecule has 0 bridgehead atoms. The highest BCUT2D eigenvalue weighted by Gasteiger charge is 2.53. The van der Waals surface area contributed by atoms with E-state index < -0.39 is 65.6 Å². The highest BCUT2D eigenvalue weighted by molar-refractivity contribution is 7.98. The first kappa shape index (κ1) is 29.5. The summed E-state index contributed by atoms with van der Waals surface area (Å²) in [7, 11) is -0.872. The summed E-state index contributed by atoms with van der Waals surface area (Å²) in [6.45, 7) is 8.75. The van der Waals surface area contributed by atoms with Crippen molar-refractivity contribution >= 4 is 30.4 Å². The van der Waals surface area contributed by atoms with E-state index in [9.17, 15) is 31.1 Å². The average Bonchev–Trinajstić information content (AvgIpc) is 3.22. The highest BCUT2D eigenvalue weighted by atomic mass is 32.2. The zero-order valence-electron chi connectivity index (χ0n) is 21.9. The molecule has 0 aliphatic carbocycles. The number of halogens is 6. The van der Waals surface area contributed by atoms with Gasteiger partial charge in [0.25, 0.3) is 0 Å². The summed E-state index contributed by atoms with van der Waals surface area (Å²) in [4.78, 5) is 22.9. The van der Waals surface area contributed by atoms with Crippen molar-refractivity contribution in [1.82, 2.24) is 14.9 Å². The Morgan fingerprint density at radius 1 is 1.00 bits per heavy atom. The van der Waals surface area contributed by atoms with E-state index in [0.717, 1.165) is 0 Å². The number of hydrogen-bond donors (Lipinski definition) is 0. The van der Waals surface area contributed by atoms with Crippen molar-refractivity contribution in [2.45, 2.75) is 82.0 Å². The maximum Gasteiger partial charge on any atom is 0.498 e. The van der Waals surface area contributed by atoms with E-state index in [1.54, 1.807) is 6.26 Å². The summed E-state index contributed by atoms with van der Waals surface area (Å²) in [5, 5.41) is 0.384. The maximum atomic E-state index is 13.4. The molecule has 2 aromatic rings. The Morgan fingerprint density at radius 3 is 2.03 bits per heavy atom. The van der Waals surface area contributed by atoms with Gasteiger partial charge in [-0.25, -0.2) is 14.8 Å². The van der Waals surface area contributed by atoms with Gasteiger partial charge in [-0.3, -0.25) is 4.90 Å². The molecule has 15 heteroatoms. The van der Waals surface area contributed by atoms with Gasteiger partial charge in [-0.05, 0) is 64.6 Å². The minimum atomic E-state index is -5.03. The Balaban J connectivity index is 1.68. The maximum absolute atomic E-state index is 13.4. The van der Waals surface area contributed by atoms with Crippen molar-refractivity contribution in [3.63, 3.8) is 0 Å². The average molecular weight is 577 g/mol. The van der Waals surface area contributed by atoms with Crippen LogP contribution in [0, 0.1) is 0 Å². The molecule has 0 saturated carbocycles. The number of rotatable bonds is 5. The smallest absolute Gasteiger partial charge is 0.439 e. The zero-order chi connectivity index (χ0) is 29.1. The predicted octanol–water partition coefficient (Wildman–Crippen LogP) is 5.62. The van der Waals surface area contributed by atoms with Gasteiger partial charge in [0, 0.05) is 11.7 Å². The topological polar surface area (TPSA) is 73.8 Å². The van der Waals surface area contributed by atoms with Gasteiger partial charge in [-0.1, -0.05) is 11.8 Å². The van der Waals surface area contributed by atoms with Crippen molar-refractivity contribution in [3.8, 4) is 0 Å². The van der Waals surface area contributed by atoms with E-state index in [4.69, 9.17) is 14.0 Å². The van der Waals surface area contributed by atoms with Gasteiger partial charge >= 0.3 is 25.6 Å². The summed E-state index contributed by atoms with van der Waals surface area (Å²) in [5.74, 6) is 0. The van der Waals surface area contributed by atoms with Crippen LogP contribution in [0.3, 0.4) is 0 Å². The fourth-order valence-corrected chi connectivity index (χ4v) is 4.62. The lowest BCUT2D eigenvalue weighted by Crippen LogP contribution is -2.41. The van der Waals surface area contributed by atoms with Crippen LogP contribution in [0.5, 0.6) is 0 Å². The summed E-state index contributed by atoms with van der Waals surface area (Å²) < 4.78 is 98.0. The second-order valence-corrected chi connectivity index (χ2v) is 11.1. The van der Waals surface area contributed by atoms with Gasteiger partial charge in [0.2, 0.25) is 0 Å². The molecule has 39 heavy (non-hydrogen) atoms. The number of nitrogens with zero attached hydrogens (tertiary/aromatic N) is 3. The van der Waals surface area contributed by atoms with Crippen molar-refractivity contribution in [1.29, 1.82) is 0 Å². The molecule has 2 fully saturated rings. The molecule has 2 saturated heterocycles. The Bertz CT molecular complexity index is 1230. The molecule has 2 aliphatic heterocycles. The predicted molar refractivity (Wildman–Crippen MR) is 130 cm³/mol. The van der Waals surface area contributed by atoms with Crippen LogP contribution in [0.15, 0.2) is 29.6 Å². The first-order valence-electron chi connectivity index (χ1n) is 11.9. The van der Waals surface area contributed by atoms with Crippen molar-refractivity contribution < 1.29 is 45.2 Å². The summed E-state index contributed by atoms with van der Waals surface area (Å²) in [6, 6.07) is 0.240. The Morgan fingerprint density at radius 2 is 1.54 bits per heavy atom. The highest BCUT2D eigenvalue weighted by Crippen LogP contribution is 2.41. The number of carbonyl (C=O) groups is 1. The van der Waals surface area contributed by atoms with E-state index in [0.29, 0.717) is 28.4 Å². The van der Waals surface area contributed by atoms with Crippen LogP contribution < -0.4 is 5.46 Å². The minimum absolute atomic E-state index is 0.0321. The number of thioether (sulfide) groups is 1. The third-order valence-corrected chi connectivity index (χ3v) is 7.78. The normalized spacial score (nSPS) is 22.9. The third-order valence-electron chi connectivity index (χ3n) is 7.22. The van der Waals surface area contributed by atoms with Gasteiger partial charge in [0.05, 0.1) is 40.6 Å². The molecule has 2 aliphatic rings. The number of carbonyl (C=O) groups excluding carboxylic acids is 1. The van der Waals surface area contributed by atoms with Gasteiger partial charge in [-0.15, -0.1) is 0 Å². The Hall–Kier alpha value is -2.52.